The fourth-order valence-electron chi connectivity index (χ4n) is 3.23. The van der Waals surface area contributed by atoms with E-state index in [9.17, 15) is 22.8 Å². The number of halogens is 3. The molecule has 1 saturated heterocycles. The number of alkyl halides is 3. The highest BCUT2D eigenvalue weighted by Crippen LogP contribution is 2.33. The monoisotopic (exact) mass is 385 g/mol. The molecule has 1 aromatic rings. The first-order valence-electron chi connectivity index (χ1n) is 9.00. The molecule has 5 nitrogen and oxygen atoms in total. The van der Waals surface area contributed by atoms with E-state index in [4.69, 9.17) is 0 Å². The van der Waals surface area contributed by atoms with Crippen molar-refractivity contribution in [2.24, 2.45) is 5.92 Å². The second-order valence-electron chi connectivity index (χ2n) is 7.16. The van der Waals surface area contributed by atoms with Crippen molar-refractivity contribution < 1.29 is 22.8 Å². The number of amides is 2. The first kappa shape index (κ1) is 21.2. The topological polar surface area (TPSA) is 52.7 Å². The minimum Gasteiger partial charge on any atom is -0.335 e. The molecule has 0 radical (unpaired) electrons. The molecule has 1 fully saturated rings. The molecule has 0 aromatic heterocycles. The number of piperidine rings is 1. The average Bonchev–Trinajstić information content (AvgIpc) is 2.61. The predicted octanol–water partition coefficient (Wildman–Crippen LogP) is 3.05. The van der Waals surface area contributed by atoms with Gasteiger partial charge in [0, 0.05) is 19.3 Å². The highest BCUT2D eigenvalue weighted by molar-refractivity contribution is 5.95. The fraction of sp³-hybridized carbons (Fsp3) is 0.579. The maximum absolute atomic E-state index is 13.0. The van der Waals surface area contributed by atoms with E-state index in [0.717, 1.165) is 5.56 Å². The minimum atomic E-state index is -4.25. The van der Waals surface area contributed by atoms with Crippen LogP contribution in [0.5, 0.6) is 0 Å². The van der Waals surface area contributed by atoms with Gasteiger partial charge in [0.25, 0.3) is 0 Å². The van der Waals surface area contributed by atoms with Gasteiger partial charge in [-0.15, -0.1) is 0 Å². The van der Waals surface area contributed by atoms with Crippen LogP contribution in [0.4, 0.5) is 18.9 Å². The highest BCUT2D eigenvalue weighted by atomic mass is 19.4. The third-order valence-electron chi connectivity index (χ3n) is 4.91. The zero-order chi connectivity index (χ0) is 20.2. The fourth-order valence-corrected chi connectivity index (χ4v) is 3.23. The van der Waals surface area contributed by atoms with E-state index in [0.29, 0.717) is 18.7 Å². The van der Waals surface area contributed by atoms with Crippen LogP contribution < -0.4 is 5.32 Å². The lowest BCUT2D eigenvalue weighted by Gasteiger charge is -2.37. The van der Waals surface area contributed by atoms with Gasteiger partial charge in [-0.25, -0.2) is 0 Å². The van der Waals surface area contributed by atoms with E-state index in [1.807, 2.05) is 19.1 Å². The molecule has 1 aliphatic rings. The lowest BCUT2D eigenvalue weighted by Crippen LogP contribution is -2.52. The Hall–Kier alpha value is -2.09. The molecular formula is C19H26F3N3O2. The Bertz CT molecular complexity index is 661. The number of carbonyl (C=O) groups excluding carboxylic acids is 2. The van der Waals surface area contributed by atoms with Crippen molar-refractivity contribution in [3.05, 3.63) is 29.8 Å². The van der Waals surface area contributed by atoms with Gasteiger partial charge in [-0.2, -0.15) is 13.2 Å². The number of benzene rings is 1. The third kappa shape index (κ3) is 5.95. The van der Waals surface area contributed by atoms with E-state index in [1.54, 1.807) is 24.0 Å². The van der Waals surface area contributed by atoms with Crippen LogP contribution in [-0.4, -0.2) is 60.5 Å². The number of carbonyl (C=O) groups is 2. The van der Waals surface area contributed by atoms with Gasteiger partial charge in [-0.05, 0) is 45.4 Å². The van der Waals surface area contributed by atoms with E-state index in [-0.39, 0.29) is 31.3 Å². The maximum atomic E-state index is 13.0. The van der Waals surface area contributed by atoms with Gasteiger partial charge in [-0.1, -0.05) is 17.7 Å². The van der Waals surface area contributed by atoms with Gasteiger partial charge in [0.1, 0.15) is 0 Å². The van der Waals surface area contributed by atoms with Crippen molar-refractivity contribution in [1.82, 2.24) is 9.80 Å². The zero-order valence-electron chi connectivity index (χ0n) is 15.8. The number of hydrogen-bond acceptors (Lipinski definition) is 3. The summed E-state index contributed by atoms with van der Waals surface area (Å²) in [4.78, 5) is 27.5. The average molecular weight is 385 g/mol. The first-order chi connectivity index (χ1) is 12.6. The van der Waals surface area contributed by atoms with Crippen molar-refractivity contribution in [2.75, 3.05) is 32.0 Å². The van der Waals surface area contributed by atoms with Crippen LogP contribution in [0.2, 0.25) is 0 Å². The number of likely N-dealkylation sites (N-methyl/N-ethyl adjacent to an activating group) is 1. The van der Waals surface area contributed by atoms with Crippen molar-refractivity contribution in [2.45, 2.75) is 38.9 Å². The van der Waals surface area contributed by atoms with Crippen molar-refractivity contribution in [3.8, 4) is 0 Å². The molecule has 27 heavy (non-hydrogen) atoms. The SMILES string of the molecule is Cc1ccc(NC(=O)CN(C)C(=O)[C@@H](C)N2CCC[C@@H](C(F)(F)F)C2)cc1. The van der Waals surface area contributed by atoms with Crippen LogP contribution in [0.15, 0.2) is 24.3 Å². The number of nitrogens with zero attached hydrogens (tertiary/aromatic N) is 2. The van der Waals surface area contributed by atoms with Crippen molar-refractivity contribution in [1.29, 1.82) is 0 Å². The summed E-state index contributed by atoms with van der Waals surface area (Å²) in [6, 6.07) is 6.55. The third-order valence-corrected chi connectivity index (χ3v) is 4.91. The van der Waals surface area contributed by atoms with Gasteiger partial charge in [0.15, 0.2) is 0 Å². The Labute approximate surface area is 157 Å². The van der Waals surface area contributed by atoms with E-state index in [2.05, 4.69) is 5.32 Å². The van der Waals surface area contributed by atoms with Crippen molar-refractivity contribution >= 4 is 17.5 Å². The van der Waals surface area contributed by atoms with Gasteiger partial charge in [0.2, 0.25) is 11.8 Å². The Kier molecular flexibility index (Phi) is 6.86. The summed E-state index contributed by atoms with van der Waals surface area (Å²) in [5, 5.41) is 2.71. The molecule has 0 saturated carbocycles. The number of likely N-dealkylation sites (tertiary alicyclic amines) is 1. The molecule has 0 spiro atoms. The molecule has 1 aromatic carbocycles. The minimum absolute atomic E-state index is 0.0930. The maximum Gasteiger partial charge on any atom is 0.393 e. The summed E-state index contributed by atoms with van der Waals surface area (Å²) in [6.07, 6.45) is -3.75. The Balaban J connectivity index is 1.89. The number of aryl methyl sites for hydroxylation is 1. The number of hydrogen-bond donors (Lipinski definition) is 1. The van der Waals surface area contributed by atoms with Gasteiger partial charge in [-0.3, -0.25) is 14.5 Å². The molecule has 2 rings (SSSR count). The van der Waals surface area contributed by atoms with E-state index >= 15 is 0 Å². The summed E-state index contributed by atoms with van der Waals surface area (Å²) in [7, 11) is 1.48. The molecule has 8 heteroatoms. The largest absolute Gasteiger partial charge is 0.393 e. The quantitative estimate of drug-likeness (QED) is 0.848. The van der Waals surface area contributed by atoms with Crippen molar-refractivity contribution in [3.63, 3.8) is 0 Å². The lowest BCUT2D eigenvalue weighted by atomic mass is 9.96. The number of nitrogens with one attached hydrogen (secondary N) is 1. The molecule has 0 aliphatic carbocycles. The molecule has 150 valence electrons. The summed E-state index contributed by atoms with van der Waals surface area (Å²) in [5.74, 6) is -2.12. The number of rotatable bonds is 5. The summed E-state index contributed by atoms with van der Waals surface area (Å²) in [6.45, 7) is 3.63. The summed E-state index contributed by atoms with van der Waals surface area (Å²) in [5.41, 5.74) is 1.69. The van der Waals surface area contributed by atoms with Gasteiger partial charge < -0.3 is 10.2 Å². The lowest BCUT2D eigenvalue weighted by molar-refractivity contribution is -0.189. The van der Waals surface area contributed by atoms with Gasteiger partial charge in [0.05, 0.1) is 18.5 Å². The molecule has 0 unspecified atom stereocenters. The second kappa shape index (κ2) is 8.73. The van der Waals surface area contributed by atoms with E-state index in [1.165, 1.54) is 11.9 Å². The Morgan fingerprint density at radius 3 is 2.52 bits per heavy atom. The molecule has 2 atom stereocenters. The summed E-state index contributed by atoms with van der Waals surface area (Å²) >= 11 is 0. The van der Waals surface area contributed by atoms with Crippen LogP contribution in [-0.2, 0) is 9.59 Å². The van der Waals surface area contributed by atoms with Crippen LogP contribution in [0.25, 0.3) is 0 Å². The second-order valence-corrected chi connectivity index (χ2v) is 7.16. The molecule has 1 N–H and O–H groups in total. The van der Waals surface area contributed by atoms with Crippen LogP contribution in [0.1, 0.15) is 25.3 Å². The Morgan fingerprint density at radius 2 is 1.93 bits per heavy atom. The zero-order valence-corrected chi connectivity index (χ0v) is 15.8. The number of anilines is 1. The van der Waals surface area contributed by atoms with Crippen LogP contribution >= 0.6 is 0 Å². The van der Waals surface area contributed by atoms with Crippen LogP contribution in [0, 0.1) is 12.8 Å². The molecule has 0 bridgehead atoms. The standard InChI is InChI=1S/C19H26F3N3O2/c1-13-6-8-16(9-7-13)23-17(26)12-24(3)18(27)14(2)25-10-4-5-15(11-25)19(20,21)22/h6-9,14-15H,4-5,10-12H2,1-3H3,(H,23,26)/t14-,15-/m1/s1. The van der Waals surface area contributed by atoms with Crippen LogP contribution in [0.3, 0.4) is 0 Å². The Morgan fingerprint density at radius 1 is 1.30 bits per heavy atom. The molecule has 1 aliphatic heterocycles. The van der Waals surface area contributed by atoms with E-state index < -0.39 is 18.1 Å². The molecule has 1 heterocycles. The highest BCUT2D eigenvalue weighted by Gasteiger charge is 2.43. The smallest absolute Gasteiger partial charge is 0.335 e. The normalized spacial score (nSPS) is 19.4. The predicted molar refractivity (Wildman–Crippen MR) is 97.3 cm³/mol. The van der Waals surface area contributed by atoms with Gasteiger partial charge >= 0.3 is 6.18 Å². The molecular weight excluding hydrogens is 359 g/mol. The summed E-state index contributed by atoms with van der Waals surface area (Å²) < 4.78 is 38.9. The first-order valence-corrected chi connectivity index (χ1v) is 9.00. The molecule has 2 amide bonds.